The first-order valence-corrected chi connectivity index (χ1v) is 8.07. The number of carbonyl (C=O) groups excluding carboxylic acids is 3. The lowest BCUT2D eigenvalue weighted by Gasteiger charge is -2.12. The van der Waals surface area contributed by atoms with Crippen molar-refractivity contribution in [1.29, 1.82) is 0 Å². The van der Waals surface area contributed by atoms with E-state index in [1.807, 2.05) is 0 Å². The summed E-state index contributed by atoms with van der Waals surface area (Å²) in [7, 11) is 0. The highest BCUT2D eigenvalue weighted by Gasteiger charge is 2.14. The molecule has 1 aromatic rings. The van der Waals surface area contributed by atoms with Crippen molar-refractivity contribution in [1.82, 2.24) is 5.32 Å². The smallest absolute Gasteiger partial charge is 0.339 e. The maximum atomic E-state index is 12.0. The SMILES string of the molecule is CCOC(=O)C(C)=C(C)NC(=O)Nc1ccc(Cl)c(C(=O)OCC)c1. The molecule has 7 nitrogen and oxygen atoms in total. The van der Waals surface area contributed by atoms with Crippen LogP contribution in [0.1, 0.15) is 38.1 Å². The Balaban J connectivity index is 2.84. The number of carbonyl (C=O) groups is 3. The van der Waals surface area contributed by atoms with Crippen LogP contribution in [0.2, 0.25) is 5.02 Å². The molecular weight excluding hydrogens is 348 g/mol. The normalized spacial score (nSPS) is 11.2. The van der Waals surface area contributed by atoms with Gasteiger partial charge in [-0.2, -0.15) is 0 Å². The predicted molar refractivity (Wildman–Crippen MR) is 94.6 cm³/mol. The van der Waals surface area contributed by atoms with Crippen LogP contribution in [0.4, 0.5) is 10.5 Å². The number of nitrogens with one attached hydrogen (secondary N) is 2. The van der Waals surface area contributed by atoms with Gasteiger partial charge in [0.15, 0.2) is 0 Å². The van der Waals surface area contributed by atoms with Crippen molar-refractivity contribution < 1.29 is 23.9 Å². The number of amides is 2. The molecule has 0 bridgehead atoms. The zero-order valence-electron chi connectivity index (χ0n) is 14.6. The van der Waals surface area contributed by atoms with E-state index in [1.54, 1.807) is 33.8 Å². The highest BCUT2D eigenvalue weighted by atomic mass is 35.5. The summed E-state index contributed by atoms with van der Waals surface area (Å²) < 4.78 is 9.77. The van der Waals surface area contributed by atoms with Crippen LogP contribution in [0.5, 0.6) is 0 Å². The Labute approximate surface area is 151 Å². The van der Waals surface area contributed by atoms with Crippen LogP contribution in [0.25, 0.3) is 0 Å². The second-order valence-electron chi connectivity index (χ2n) is 4.96. The van der Waals surface area contributed by atoms with Gasteiger partial charge in [0.05, 0.1) is 29.4 Å². The Morgan fingerprint density at radius 1 is 1.08 bits per heavy atom. The molecule has 0 radical (unpaired) electrons. The molecule has 0 aliphatic carbocycles. The molecule has 0 heterocycles. The van der Waals surface area contributed by atoms with E-state index in [0.29, 0.717) is 17.0 Å². The Bertz CT molecular complexity index is 700. The molecule has 2 N–H and O–H groups in total. The van der Waals surface area contributed by atoms with Gasteiger partial charge in [0.2, 0.25) is 0 Å². The van der Waals surface area contributed by atoms with Crippen molar-refractivity contribution in [2.45, 2.75) is 27.7 Å². The second-order valence-corrected chi connectivity index (χ2v) is 5.37. The number of ether oxygens (including phenoxy) is 2. The Kier molecular flexibility index (Phi) is 7.94. The van der Waals surface area contributed by atoms with Gasteiger partial charge in [-0.1, -0.05) is 11.6 Å². The summed E-state index contributed by atoms with van der Waals surface area (Å²) in [5.41, 5.74) is 1.15. The molecule has 136 valence electrons. The Morgan fingerprint density at radius 3 is 2.32 bits per heavy atom. The standard InChI is InChI=1S/C17H21ClN2O5/c1-5-24-15(21)10(3)11(4)19-17(23)20-12-7-8-14(18)13(9-12)16(22)25-6-2/h7-9H,5-6H2,1-4H3,(H2,19,20,23). The lowest BCUT2D eigenvalue weighted by Crippen LogP contribution is -2.29. The largest absolute Gasteiger partial charge is 0.463 e. The fraction of sp³-hybridized carbons (Fsp3) is 0.353. The molecule has 0 saturated carbocycles. The summed E-state index contributed by atoms with van der Waals surface area (Å²) in [5, 5.41) is 5.32. The molecule has 0 unspecified atom stereocenters. The van der Waals surface area contributed by atoms with Crippen molar-refractivity contribution in [2.75, 3.05) is 18.5 Å². The number of benzene rings is 1. The Hall–Kier alpha value is -2.54. The molecule has 0 aliphatic heterocycles. The topological polar surface area (TPSA) is 93.7 Å². The number of allylic oxidation sites excluding steroid dienone is 1. The molecule has 1 rings (SSSR count). The van der Waals surface area contributed by atoms with E-state index in [2.05, 4.69) is 10.6 Å². The van der Waals surface area contributed by atoms with Crippen LogP contribution >= 0.6 is 11.6 Å². The molecule has 0 aliphatic rings. The number of halogens is 1. The average molecular weight is 369 g/mol. The molecule has 25 heavy (non-hydrogen) atoms. The number of rotatable bonds is 6. The van der Waals surface area contributed by atoms with Crippen LogP contribution in [-0.4, -0.2) is 31.2 Å². The maximum absolute atomic E-state index is 12.0. The number of esters is 2. The zero-order chi connectivity index (χ0) is 19.0. The number of anilines is 1. The molecule has 2 amide bonds. The summed E-state index contributed by atoms with van der Waals surface area (Å²) in [4.78, 5) is 35.5. The molecule has 0 saturated heterocycles. The highest BCUT2D eigenvalue weighted by molar-refractivity contribution is 6.33. The lowest BCUT2D eigenvalue weighted by atomic mass is 10.2. The minimum absolute atomic E-state index is 0.149. The quantitative estimate of drug-likeness (QED) is 0.592. The second kappa shape index (κ2) is 9.68. The number of urea groups is 1. The molecule has 0 fully saturated rings. The van der Waals surface area contributed by atoms with E-state index in [0.717, 1.165) is 0 Å². The zero-order valence-corrected chi connectivity index (χ0v) is 15.3. The highest BCUT2D eigenvalue weighted by Crippen LogP contribution is 2.21. The van der Waals surface area contributed by atoms with Crippen LogP contribution in [-0.2, 0) is 14.3 Å². The van der Waals surface area contributed by atoms with Crippen LogP contribution in [0.15, 0.2) is 29.5 Å². The van der Waals surface area contributed by atoms with Gasteiger partial charge in [-0.15, -0.1) is 0 Å². The monoisotopic (exact) mass is 368 g/mol. The van der Waals surface area contributed by atoms with E-state index >= 15 is 0 Å². The minimum Gasteiger partial charge on any atom is -0.463 e. The third kappa shape index (κ3) is 6.11. The Morgan fingerprint density at radius 2 is 1.72 bits per heavy atom. The molecule has 0 spiro atoms. The van der Waals surface area contributed by atoms with Crippen molar-refractivity contribution in [3.8, 4) is 0 Å². The molecule has 1 aromatic carbocycles. The number of hydrogen-bond acceptors (Lipinski definition) is 5. The molecular formula is C17H21ClN2O5. The van der Waals surface area contributed by atoms with Gasteiger partial charge in [0.1, 0.15) is 0 Å². The van der Waals surface area contributed by atoms with Crippen molar-refractivity contribution in [3.63, 3.8) is 0 Å². The van der Waals surface area contributed by atoms with E-state index in [-0.39, 0.29) is 23.8 Å². The predicted octanol–water partition coefficient (Wildman–Crippen LogP) is 3.50. The molecule has 0 atom stereocenters. The van der Waals surface area contributed by atoms with Gasteiger partial charge >= 0.3 is 18.0 Å². The minimum atomic E-state index is -0.578. The molecule has 0 aromatic heterocycles. The fourth-order valence-corrected chi connectivity index (χ4v) is 1.98. The first-order chi connectivity index (χ1) is 11.8. The van der Waals surface area contributed by atoms with E-state index in [4.69, 9.17) is 21.1 Å². The van der Waals surface area contributed by atoms with Crippen molar-refractivity contribution in [2.24, 2.45) is 0 Å². The van der Waals surface area contributed by atoms with E-state index in [1.165, 1.54) is 12.1 Å². The van der Waals surface area contributed by atoms with Gasteiger partial charge in [-0.3, -0.25) is 0 Å². The summed E-state index contributed by atoms with van der Waals surface area (Å²) in [6.45, 7) is 6.97. The van der Waals surface area contributed by atoms with Gasteiger partial charge in [-0.05, 0) is 45.9 Å². The van der Waals surface area contributed by atoms with Crippen molar-refractivity contribution >= 4 is 35.3 Å². The van der Waals surface area contributed by atoms with Gasteiger partial charge in [-0.25, -0.2) is 14.4 Å². The van der Waals surface area contributed by atoms with Gasteiger partial charge < -0.3 is 20.1 Å². The fourth-order valence-electron chi connectivity index (χ4n) is 1.79. The lowest BCUT2D eigenvalue weighted by molar-refractivity contribution is -0.138. The van der Waals surface area contributed by atoms with E-state index < -0.39 is 18.0 Å². The van der Waals surface area contributed by atoms with Crippen molar-refractivity contribution in [3.05, 3.63) is 40.1 Å². The van der Waals surface area contributed by atoms with Crippen LogP contribution in [0, 0.1) is 0 Å². The van der Waals surface area contributed by atoms with Crippen LogP contribution in [0.3, 0.4) is 0 Å². The summed E-state index contributed by atoms with van der Waals surface area (Å²) in [6.07, 6.45) is 0. The molecule has 8 heteroatoms. The third-order valence-electron chi connectivity index (χ3n) is 3.16. The third-order valence-corrected chi connectivity index (χ3v) is 3.49. The van der Waals surface area contributed by atoms with Gasteiger partial charge in [0.25, 0.3) is 0 Å². The maximum Gasteiger partial charge on any atom is 0.339 e. The van der Waals surface area contributed by atoms with Gasteiger partial charge in [0, 0.05) is 11.4 Å². The average Bonchev–Trinajstić information content (AvgIpc) is 2.56. The summed E-state index contributed by atoms with van der Waals surface area (Å²) in [6, 6.07) is 3.87. The number of hydrogen-bond donors (Lipinski definition) is 2. The summed E-state index contributed by atoms with van der Waals surface area (Å²) >= 11 is 5.97. The van der Waals surface area contributed by atoms with Crippen LogP contribution < -0.4 is 10.6 Å². The van der Waals surface area contributed by atoms with E-state index in [9.17, 15) is 14.4 Å². The summed E-state index contributed by atoms with van der Waals surface area (Å²) in [5.74, 6) is -1.08. The first kappa shape index (κ1) is 20.5. The first-order valence-electron chi connectivity index (χ1n) is 7.69.